The first-order chi connectivity index (χ1) is 12.2. The van der Waals surface area contributed by atoms with E-state index in [0.717, 1.165) is 51.1 Å². The van der Waals surface area contributed by atoms with Crippen LogP contribution in [0.15, 0.2) is 18.2 Å². The fraction of sp³-hybridized carbons (Fsp3) is 0.667. The monoisotopic (exact) mass is 343 g/mol. The molecule has 1 aromatic rings. The Hall–Kier alpha value is -1.39. The molecule has 0 aliphatic carbocycles. The van der Waals surface area contributed by atoms with Crippen molar-refractivity contribution in [3.63, 3.8) is 0 Å². The third kappa shape index (κ3) is 4.83. The average molecular weight is 344 g/mol. The zero-order valence-corrected chi connectivity index (χ0v) is 15.9. The molecule has 0 saturated carbocycles. The smallest absolute Gasteiger partial charge is 0.251 e. The van der Waals surface area contributed by atoms with Gasteiger partial charge in [0.25, 0.3) is 5.91 Å². The minimum Gasteiger partial charge on any atom is -0.352 e. The number of hydrogen-bond donors (Lipinski definition) is 1. The topological polar surface area (TPSA) is 35.6 Å². The maximum absolute atomic E-state index is 12.6. The van der Waals surface area contributed by atoms with Crippen LogP contribution in [0.5, 0.6) is 0 Å². The van der Waals surface area contributed by atoms with Crippen LogP contribution in [0.1, 0.15) is 48.2 Å². The quantitative estimate of drug-likeness (QED) is 0.892. The van der Waals surface area contributed by atoms with E-state index in [1.165, 1.54) is 37.1 Å². The van der Waals surface area contributed by atoms with Gasteiger partial charge in [0.05, 0.1) is 0 Å². The predicted molar refractivity (Wildman–Crippen MR) is 103 cm³/mol. The van der Waals surface area contributed by atoms with Gasteiger partial charge in [-0.2, -0.15) is 0 Å². The van der Waals surface area contributed by atoms with Crippen molar-refractivity contribution in [1.82, 2.24) is 15.1 Å². The minimum atomic E-state index is 0.0947. The number of likely N-dealkylation sites (N-methyl/N-ethyl adjacent to an activating group) is 1. The SMILES string of the molecule is CCN1CCc2ccc(C(=O)NCC3CCN(CC)CC3)cc2CC1. The fourth-order valence-corrected chi connectivity index (χ4v) is 4.07. The summed E-state index contributed by atoms with van der Waals surface area (Å²) in [6.45, 7) is 12.1. The molecule has 4 heteroatoms. The van der Waals surface area contributed by atoms with Crippen LogP contribution in [0, 0.1) is 5.92 Å². The van der Waals surface area contributed by atoms with E-state index in [1.807, 2.05) is 6.07 Å². The summed E-state index contributed by atoms with van der Waals surface area (Å²) >= 11 is 0. The molecule has 0 spiro atoms. The molecule has 1 N–H and O–H groups in total. The second kappa shape index (κ2) is 8.81. The van der Waals surface area contributed by atoms with Crippen LogP contribution in [0.2, 0.25) is 0 Å². The lowest BCUT2D eigenvalue weighted by Gasteiger charge is -2.31. The Labute approximate surface area is 152 Å². The van der Waals surface area contributed by atoms with E-state index in [2.05, 4.69) is 41.1 Å². The van der Waals surface area contributed by atoms with Crippen LogP contribution < -0.4 is 5.32 Å². The summed E-state index contributed by atoms with van der Waals surface area (Å²) in [5.74, 6) is 0.725. The van der Waals surface area contributed by atoms with Gasteiger partial charge in [0.2, 0.25) is 0 Å². The van der Waals surface area contributed by atoms with Crippen LogP contribution in [-0.2, 0) is 12.8 Å². The number of piperidine rings is 1. The number of amides is 1. The van der Waals surface area contributed by atoms with Crippen molar-refractivity contribution in [2.75, 3.05) is 45.8 Å². The van der Waals surface area contributed by atoms with Crippen molar-refractivity contribution in [3.05, 3.63) is 34.9 Å². The summed E-state index contributed by atoms with van der Waals surface area (Å²) in [5.41, 5.74) is 3.61. The molecule has 2 aliphatic rings. The van der Waals surface area contributed by atoms with E-state index in [0.29, 0.717) is 5.92 Å². The number of fused-ring (bicyclic) bond motifs is 1. The highest BCUT2D eigenvalue weighted by molar-refractivity contribution is 5.94. The number of nitrogens with one attached hydrogen (secondary N) is 1. The Kier molecular flexibility index (Phi) is 6.49. The zero-order valence-electron chi connectivity index (χ0n) is 15.9. The average Bonchev–Trinajstić information content (AvgIpc) is 2.88. The number of hydrogen-bond acceptors (Lipinski definition) is 3. The fourth-order valence-electron chi connectivity index (χ4n) is 4.07. The van der Waals surface area contributed by atoms with Crippen LogP contribution in [0.25, 0.3) is 0 Å². The van der Waals surface area contributed by atoms with Crippen LogP contribution in [-0.4, -0.2) is 61.5 Å². The highest BCUT2D eigenvalue weighted by Crippen LogP contribution is 2.19. The maximum Gasteiger partial charge on any atom is 0.251 e. The lowest BCUT2D eigenvalue weighted by molar-refractivity contribution is 0.0936. The number of carbonyl (C=O) groups is 1. The first-order valence-electron chi connectivity index (χ1n) is 10.0. The molecule has 25 heavy (non-hydrogen) atoms. The van der Waals surface area contributed by atoms with E-state index < -0.39 is 0 Å². The summed E-state index contributed by atoms with van der Waals surface area (Å²) in [4.78, 5) is 17.5. The van der Waals surface area contributed by atoms with Crippen molar-refractivity contribution in [2.24, 2.45) is 5.92 Å². The Morgan fingerprint density at radius 1 is 1.00 bits per heavy atom. The first kappa shape index (κ1) is 18.4. The molecule has 0 bridgehead atoms. The van der Waals surface area contributed by atoms with Gasteiger partial charge < -0.3 is 15.1 Å². The van der Waals surface area contributed by atoms with E-state index in [9.17, 15) is 4.79 Å². The highest BCUT2D eigenvalue weighted by Gasteiger charge is 2.19. The van der Waals surface area contributed by atoms with Gasteiger partial charge in [-0.15, -0.1) is 0 Å². The van der Waals surface area contributed by atoms with Crippen molar-refractivity contribution in [2.45, 2.75) is 39.5 Å². The lowest BCUT2D eigenvalue weighted by Crippen LogP contribution is -2.38. The summed E-state index contributed by atoms with van der Waals surface area (Å²) in [6.07, 6.45) is 4.55. The van der Waals surface area contributed by atoms with Crippen molar-refractivity contribution in [3.8, 4) is 0 Å². The molecule has 138 valence electrons. The van der Waals surface area contributed by atoms with Gasteiger partial charge in [-0.05, 0) is 81.0 Å². The van der Waals surface area contributed by atoms with E-state index in [4.69, 9.17) is 0 Å². The predicted octanol–water partition coefficient (Wildman–Crippen LogP) is 2.57. The second-order valence-electron chi connectivity index (χ2n) is 7.51. The Morgan fingerprint density at radius 3 is 2.32 bits per heavy atom. The van der Waals surface area contributed by atoms with Gasteiger partial charge in [-0.1, -0.05) is 19.9 Å². The molecular formula is C21H33N3O. The van der Waals surface area contributed by atoms with Crippen molar-refractivity contribution >= 4 is 5.91 Å². The Bertz CT molecular complexity index is 579. The molecule has 1 aromatic carbocycles. The maximum atomic E-state index is 12.6. The summed E-state index contributed by atoms with van der Waals surface area (Å²) in [5, 5.41) is 3.18. The summed E-state index contributed by atoms with van der Waals surface area (Å²) in [6, 6.07) is 6.31. The van der Waals surface area contributed by atoms with Crippen molar-refractivity contribution in [1.29, 1.82) is 0 Å². The molecule has 0 radical (unpaired) electrons. The zero-order chi connectivity index (χ0) is 17.6. The van der Waals surface area contributed by atoms with Crippen LogP contribution >= 0.6 is 0 Å². The molecule has 2 aliphatic heterocycles. The molecular weight excluding hydrogens is 310 g/mol. The summed E-state index contributed by atoms with van der Waals surface area (Å²) < 4.78 is 0. The molecule has 3 rings (SSSR count). The number of rotatable bonds is 5. The number of likely N-dealkylation sites (tertiary alicyclic amines) is 1. The minimum absolute atomic E-state index is 0.0947. The Morgan fingerprint density at radius 2 is 1.64 bits per heavy atom. The normalized spacial score (nSPS) is 20.1. The standard InChI is InChI=1S/C21H33N3O/c1-3-23-11-7-17(8-12-23)16-22-21(25)20-6-5-18-9-13-24(4-2)14-10-19(18)15-20/h5-6,15,17H,3-4,7-14,16H2,1-2H3,(H,22,25). The molecule has 1 amide bonds. The number of carbonyl (C=O) groups excluding carboxylic acids is 1. The van der Waals surface area contributed by atoms with Gasteiger partial charge in [0, 0.05) is 25.2 Å². The van der Waals surface area contributed by atoms with E-state index in [1.54, 1.807) is 0 Å². The third-order valence-electron chi connectivity index (χ3n) is 6.02. The molecule has 2 heterocycles. The third-order valence-corrected chi connectivity index (χ3v) is 6.02. The van der Waals surface area contributed by atoms with Gasteiger partial charge in [0.15, 0.2) is 0 Å². The van der Waals surface area contributed by atoms with Crippen LogP contribution in [0.3, 0.4) is 0 Å². The second-order valence-corrected chi connectivity index (χ2v) is 7.51. The molecule has 1 saturated heterocycles. The number of nitrogens with zero attached hydrogens (tertiary/aromatic N) is 2. The largest absolute Gasteiger partial charge is 0.352 e. The van der Waals surface area contributed by atoms with E-state index >= 15 is 0 Å². The molecule has 0 unspecified atom stereocenters. The summed E-state index contributed by atoms with van der Waals surface area (Å²) in [7, 11) is 0. The van der Waals surface area contributed by atoms with Crippen LogP contribution in [0.4, 0.5) is 0 Å². The Balaban J connectivity index is 1.54. The van der Waals surface area contributed by atoms with E-state index in [-0.39, 0.29) is 5.91 Å². The van der Waals surface area contributed by atoms with Gasteiger partial charge in [-0.25, -0.2) is 0 Å². The highest BCUT2D eigenvalue weighted by atomic mass is 16.1. The lowest BCUT2D eigenvalue weighted by atomic mass is 9.96. The van der Waals surface area contributed by atoms with Gasteiger partial charge >= 0.3 is 0 Å². The number of benzene rings is 1. The van der Waals surface area contributed by atoms with Gasteiger partial charge in [0.1, 0.15) is 0 Å². The first-order valence-corrected chi connectivity index (χ1v) is 10.0. The molecule has 0 atom stereocenters. The molecule has 0 aromatic heterocycles. The molecule has 1 fully saturated rings. The van der Waals surface area contributed by atoms with Gasteiger partial charge in [-0.3, -0.25) is 4.79 Å². The molecule has 4 nitrogen and oxygen atoms in total. The van der Waals surface area contributed by atoms with Crippen molar-refractivity contribution < 1.29 is 4.79 Å².